The van der Waals surface area contributed by atoms with Crippen LogP contribution in [0.3, 0.4) is 0 Å². The van der Waals surface area contributed by atoms with E-state index in [-0.39, 0.29) is 0 Å². The fourth-order valence-corrected chi connectivity index (χ4v) is 2.32. The monoisotopic (exact) mass is 227 g/mol. The summed E-state index contributed by atoms with van der Waals surface area (Å²) in [6.45, 7) is 0.828. The molecule has 0 aromatic heterocycles. The topological polar surface area (TPSA) is 26.0 Å². The van der Waals surface area contributed by atoms with Gasteiger partial charge in [0.15, 0.2) is 0 Å². The Morgan fingerprint density at radius 2 is 1.53 bits per heavy atom. The molecule has 0 saturated carbocycles. The third-order valence-corrected chi connectivity index (χ3v) is 3.28. The molecule has 0 radical (unpaired) electrons. The Balaban J connectivity index is 1.98. The first-order valence-corrected chi connectivity index (χ1v) is 6.58. The van der Waals surface area contributed by atoms with Crippen molar-refractivity contribution in [2.24, 2.45) is 5.73 Å². The van der Waals surface area contributed by atoms with Crippen LogP contribution in [-0.4, -0.2) is 6.54 Å². The SMILES string of the molecule is NCCCCCCc1cccc2ccccc12. The van der Waals surface area contributed by atoms with Crippen molar-refractivity contribution in [1.82, 2.24) is 0 Å². The van der Waals surface area contributed by atoms with Crippen LogP contribution < -0.4 is 5.73 Å². The van der Waals surface area contributed by atoms with E-state index in [1.54, 1.807) is 0 Å². The van der Waals surface area contributed by atoms with E-state index in [4.69, 9.17) is 5.73 Å². The van der Waals surface area contributed by atoms with Crippen molar-refractivity contribution in [1.29, 1.82) is 0 Å². The molecule has 2 aromatic rings. The van der Waals surface area contributed by atoms with Crippen LogP contribution in [0.1, 0.15) is 31.2 Å². The minimum absolute atomic E-state index is 0.828. The zero-order valence-electron chi connectivity index (χ0n) is 10.4. The van der Waals surface area contributed by atoms with Crippen LogP contribution in [0.2, 0.25) is 0 Å². The van der Waals surface area contributed by atoms with Crippen LogP contribution in [0.4, 0.5) is 0 Å². The van der Waals surface area contributed by atoms with Crippen molar-refractivity contribution in [3.05, 3.63) is 48.0 Å². The van der Waals surface area contributed by atoms with Gasteiger partial charge in [-0.25, -0.2) is 0 Å². The Kier molecular flexibility index (Phi) is 4.57. The largest absolute Gasteiger partial charge is 0.330 e. The van der Waals surface area contributed by atoms with Gasteiger partial charge in [0.05, 0.1) is 0 Å². The molecule has 2 aromatic carbocycles. The van der Waals surface area contributed by atoms with E-state index in [0.717, 1.165) is 13.0 Å². The van der Waals surface area contributed by atoms with Gasteiger partial charge in [-0.3, -0.25) is 0 Å². The molecule has 0 aliphatic rings. The minimum atomic E-state index is 0.828. The molecular formula is C16H21N. The lowest BCUT2D eigenvalue weighted by atomic mass is 9.99. The van der Waals surface area contributed by atoms with Crippen LogP contribution in [0.5, 0.6) is 0 Å². The second-order valence-electron chi connectivity index (χ2n) is 4.59. The van der Waals surface area contributed by atoms with E-state index >= 15 is 0 Å². The van der Waals surface area contributed by atoms with Crippen molar-refractivity contribution < 1.29 is 0 Å². The summed E-state index contributed by atoms with van der Waals surface area (Å²) in [5.74, 6) is 0. The maximum atomic E-state index is 5.50. The Morgan fingerprint density at radius 3 is 2.41 bits per heavy atom. The average Bonchev–Trinajstić information content (AvgIpc) is 2.39. The van der Waals surface area contributed by atoms with Crippen LogP contribution in [0.25, 0.3) is 10.8 Å². The van der Waals surface area contributed by atoms with Gasteiger partial charge < -0.3 is 5.73 Å². The highest BCUT2D eigenvalue weighted by Gasteiger charge is 1.99. The zero-order valence-corrected chi connectivity index (χ0v) is 10.4. The molecule has 0 atom stereocenters. The number of nitrogens with two attached hydrogens (primary N) is 1. The fourth-order valence-electron chi connectivity index (χ4n) is 2.32. The molecule has 2 N–H and O–H groups in total. The summed E-state index contributed by atoms with van der Waals surface area (Å²) in [7, 11) is 0. The number of rotatable bonds is 6. The Hall–Kier alpha value is -1.34. The Labute approximate surface area is 104 Å². The summed E-state index contributed by atoms with van der Waals surface area (Å²) in [6, 6.07) is 15.3. The first-order chi connectivity index (χ1) is 8.42. The van der Waals surface area contributed by atoms with Crippen molar-refractivity contribution in [2.75, 3.05) is 6.54 Å². The molecule has 2 rings (SSSR count). The predicted molar refractivity (Wildman–Crippen MR) is 75.2 cm³/mol. The molecule has 0 saturated heterocycles. The van der Waals surface area contributed by atoms with Crippen LogP contribution >= 0.6 is 0 Å². The average molecular weight is 227 g/mol. The molecule has 0 aliphatic heterocycles. The Morgan fingerprint density at radius 1 is 0.765 bits per heavy atom. The van der Waals surface area contributed by atoms with Gasteiger partial charge in [0.2, 0.25) is 0 Å². The van der Waals surface area contributed by atoms with Gasteiger partial charge in [-0.1, -0.05) is 55.3 Å². The van der Waals surface area contributed by atoms with Gasteiger partial charge in [-0.2, -0.15) is 0 Å². The highest BCUT2D eigenvalue weighted by atomic mass is 14.5. The second kappa shape index (κ2) is 6.41. The van der Waals surface area contributed by atoms with Crippen molar-refractivity contribution in [2.45, 2.75) is 32.1 Å². The maximum absolute atomic E-state index is 5.50. The molecule has 90 valence electrons. The maximum Gasteiger partial charge on any atom is -0.00773 e. The summed E-state index contributed by atoms with van der Waals surface area (Å²) in [4.78, 5) is 0. The lowest BCUT2D eigenvalue weighted by Gasteiger charge is -2.06. The first-order valence-electron chi connectivity index (χ1n) is 6.58. The fraction of sp³-hybridized carbons (Fsp3) is 0.375. The predicted octanol–water partition coefficient (Wildman–Crippen LogP) is 3.90. The summed E-state index contributed by atoms with van der Waals surface area (Å²) in [5, 5.41) is 2.76. The van der Waals surface area contributed by atoms with Gasteiger partial charge in [-0.15, -0.1) is 0 Å². The summed E-state index contributed by atoms with van der Waals surface area (Å²) >= 11 is 0. The molecular weight excluding hydrogens is 206 g/mol. The van der Waals surface area contributed by atoms with Gasteiger partial charge in [0.25, 0.3) is 0 Å². The Bertz CT molecular complexity index is 457. The quantitative estimate of drug-likeness (QED) is 0.744. The van der Waals surface area contributed by atoms with E-state index in [1.807, 2.05) is 0 Å². The third kappa shape index (κ3) is 3.31. The lowest BCUT2D eigenvalue weighted by molar-refractivity contribution is 0.648. The van der Waals surface area contributed by atoms with E-state index in [1.165, 1.54) is 42.0 Å². The summed E-state index contributed by atoms with van der Waals surface area (Å²) in [6.07, 6.45) is 6.18. The smallest absolute Gasteiger partial charge is 0.00773 e. The third-order valence-electron chi connectivity index (χ3n) is 3.28. The van der Waals surface area contributed by atoms with Gasteiger partial charge >= 0.3 is 0 Å². The molecule has 0 fully saturated rings. The number of hydrogen-bond donors (Lipinski definition) is 1. The second-order valence-corrected chi connectivity index (χ2v) is 4.59. The highest BCUT2D eigenvalue weighted by molar-refractivity contribution is 5.85. The van der Waals surface area contributed by atoms with Crippen LogP contribution in [-0.2, 0) is 6.42 Å². The first kappa shape index (κ1) is 12.1. The molecule has 17 heavy (non-hydrogen) atoms. The van der Waals surface area contributed by atoms with E-state index in [9.17, 15) is 0 Å². The van der Waals surface area contributed by atoms with Gasteiger partial charge in [-0.05, 0) is 42.1 Å². The van der Waals surface area contributed by atoms with Gasteiger partial charge in [0.1, 0.15) is 0 Å². The molecule has 0 unspecified atom stereocenters. The molecule has 0 bridgehead atoms. The lowest BCUT2D eigenvalue weighted by Crippen LogP contribution is -1.97. The standard InChI is InChI=1S/C16H21N/c17-13-6-2-1-3-8-14-10-7-11-15-9-4-5-12-16(14)15/h4-5,7,9-12H,1-3,6,8,13,17H2. The van der Waals surface area contributed by atoms with Crippen LogP contribution in [0, 0.1) is 0 Å². The van der Waals surface area contributed by atoms with Crippen molar-refractivity contribution in [3.63, 3.8) is 0 Å². The van der Waals surface area contributed by atoms with E-state index in [2.05, 4.69) is 42.5 Å². The number of hydrogen-bond acceptors (Lipinski definition) is 1. The number of fused-ring (bicyclic) bond motifs is 1. The van der Waals surface area contributed by atoms with E-state index in [0.29, 0.717) is 0 Å². The molecule has 0 amide bonds. The van der Waals surface area contributed by atoms with Gasteiger partial charge in [0, 0.05) is 0 Å². The molecule has 0 heterocycles. The normalized spacial score (nSPS) is 10.9. The number of unbranched alkanes of at least 4 members (excludes halogenated alkanes) is 3. The number of aryl methyl sites for hydroxylation is 1. The molecule has 1 heteroatoms. The van der Waals surface area contributed by atoms with Crippen molar-refractivity contribution in [3.8, 4) is 0 Å². The van der Waals surface area contributed by atoms with Crippen LogP contribution in [0.15, 0.2) is 42.5 Å². The molecule has 0 spiro atoms. The number of benzene rings is 2. The van der Waals surface area contributed by atoms with E-state index < -0.39 is 0 Å². The minimum Gasteiger partial charge on any atom is -0.330 e. The zero-order chi connectivity index (χ0) is 11.9. The summed E-state index contributed by atoms with van der Waals surface area (Å²) in [5.41, 5.74) is 6.98. The van der Waals surface area contributed by atoms with Crippen molar-refractivity contribution >= 4 is 10.8 Å². The highest BCUT2D eigenvalue weighted by Crippen LogP contribution is 2.20. The molecule has 0 aliphatic carbocycles. The summed E-state index contributed by atoms with van der Waals surface area (Å²) < 4.78 is 0. The molecule has 1 nitrogen and oxygen atoms in total.